The molecule has 0 saturated carbocycles. The van der Waals surface area contributed by atoms with E-state index in [4.69, 9.17) is 4.74 Å². The van der Waals surface area contributed by atoms with Gasteiger partial charge in [-0.1, -0.05) is 0 Å². The lowest BCUT2D eigenvalue weighted by Gasteiger charge is -2.19. The topological polar surface area (TPSA) is 122 Å². The van der Waals surface area contributed by atoms with E-state index in [9.17, 15) is 27.5 Å². The molecule has 3 N–H and O–H groups in total. The fourth-order valence-electron chi connectivity index (χ4n) is 4.40. The number of sulfonamides is 1. The molecule has 3 aliphatic rings. The first-order valence-corrected chi connectivity index (χ1v) is 11.4. The van der Waals surface area contributed by atoms with Crippen LogP contribution in [0.15, 0.2) is 11.8 Å². The SMILES string of the molecule is CC(C)(O)C1=COC(S(=O)(=O)NC(=O)Nc2c3c(c(F)c4c2CCC4)CCC3)C1=O. The van der Waals surface area contributed by atoms with Crippen molar-refractivity contribution >= 4 is 27.5 Å². The van der Waals surface area contributed by atoms with Gasteiger partial charge in [0, 0.05) is 5.69 Å². The van der Waals surface area contributed by atoms with Crippen LogP contribution < -0.4 is 10.0 Å². The molecule has 10 heteroatoms. The van der Waals surface area contributed by atoms with Crippen molar-refractivity contribution in [1.82, 2.24) is 4.72 Å². The lowest BCUT2D eigenvalue weighted by atomic mass is 9.97. The molecular weight excluding hydrogens is 415 g/mol. The second kappa shape index (κ2) is 7.05. The predicted molar refractivity (Wildman–Crippen MR) is 106 cm³/mol. The highest BCUT2D eigenvalue weighted by Gasteiger charge is 2.45. The van der Waals surface area contributed by atoms with Gasteiger partial charge in [-0.2, -0.15) is 0 Å². The third-order valence-corrected chi connectivity index (χ3v) is 7.13. The van der Waals surface area contributed by atoms with E-state index in [1.54, 1.807) is 0 Å². The van der Waals surface area contributed by atoms with Crippen LogP contribution in [0.4, 0.5) is 14.9 Å². The van der Waals surface area contributed by atoms with Crippen LogP contribution in [-0.2, 0) is 45.2 Å². The Balaban J connectivity index is 1.55. The first kappa shape index (κ1) is 20.8. The zero-order valence-electron chi connectivity index (χ0n) is 16.7. The average molecular weight is 438 g/mol. The number of amides is 2. The molecule has 0 bridgehead atoms. The zero-order chi connectivity index (χ0) is 21.8. The van der Waals surface area contributed by atoms with Gasteiger partial charge in [0.2, 0.25) is 5.78 Å². The fraction of sp³-hybridized carbons (Fsp3) is 0.500. The van der Waals surface area contributed by atoms with Gasteiger partial charge in [-0.3, -0.25) is 4.79 Å². The Hall–Kier alpha value is -2.46. The van der Waals surface area contributed by atoms with Gasteiger partial charge in [-0.25, -0.2) is 22.3 Å². The number of benzene rings is 1. The van der Waals surface area contributed by atoms with Crippen LogP contribution >= 0.6 is 0 Å². The molecule has 1 aliphatic heterocycles. The number of ketones is 1. The molecule has 0 spiro atoms. The van der Waals surface area contributed by atoms with Gasteiger partial charge in [0.15, 0.2) is 0 Å². The van der Waals surface area contributed by atoms with Crippen molar-refractivity contribution in [3.05, 3.63) is 39.9 Å². The summed E-state index contributed by atoms with van der Waals surface area (Å²) in [5.41, 5.74) is -0.692. The maximum absolute atomic E-state index is 14.7. The normalized spacial score (nSPS) is 20.5. The van der Waals surface area contributed by atoms with Gasteiger partial charge in [0.05, 0.1) is 17.4 Å². The van der Waals surface area contributed by atoms with E-state index in [2.05, 4.69) is 5.32 Å². The van der Waals surface area contributed by atoms with Crippen LogP contribution in [0.25, 0.3) is 0 Å². The Morgan fingerprint density at radius 3 is 2.17 bits per heavy atom. The highest BCUT2D eigenvalue weighted by atomic mass is 32.2. The average Bonchev–Trinajstić information content (AvgIpc) is 3.36. The predicted octanol–water partition coefficient (Wildman–Crippen LogP) is 1.83. The first-order valence-electron chi connectivity index (χ1n) is 9.81. The Morgan fingerprint density at radius 1 is 1.13 bits per heavy atom. The molecule has 2 amide bonds. The van der Waals surface area contributed by atoms with Crippen LogP contribution in [0, 0.1) is 5.82 Å². The van der Waals surface area contributed by atoms with E-state index < -0.39 is 32.9 Å². The molecule has 4 rings (SSSR count). The molecule has 1 aromatic carbocycles. The quantitative estimate of drug-likeness (QED) is 0.659. The second-order valence-electron chi connectivity index (χ2n) is 8.33. The third-order valence-electron chi connectivity index (χ3n) is 5.77. The van der Waals surface area contributed by atoms with E-state index in [1.165, 1.54) is 13.8 Å². The largest absolute Gasteiger partial charge is 0.471 e. The van der Waals surface area contributed by atoms with Gasteiger partial charge in [-0.05, 0) is 74.6 Å². The maximum atomic E-state index is 14.7. The summed E-state index contributed by atoms with van der Waals surface area (Å²) in [6, 6.07) is -1.04. The number of carbonyl (C=O) groups is 2. The number of ether oxygens (including phenoxy) is 1. The summed E-state index contributed by atoms with van der Waals surface area (Å²) in [6.45, 7) is 2.65. The molecule has 2 aliphatic carbocycles. The number of hydrogen-bond acceptors (Lipinski definition) is 6. The van der Waals surface area contributed by atoms with Crippen molar-refractivity contribution in [2.45, 2.75) is 63.4 Å². The van der Waals surface area contributed by atoms with Crippen LogP contribution in [0.5, 0.6) is 0 Å². The Morgan fingerprint density at radius 2 is 1.67 bits per heavy atom. The van der Waals surface area contributed by atoms with Crippen LogP contribution in [0.3, 0.4) is 0 Å². The number of fused-ring (bicyclic) bond motifs is 2. The number of anilines is 1. The number of aliphatic hydroxyl groups is 1. The second-order valence-corrected chi connectivity index (χ2v) is 10.1. The van der Waals surface area contributed by atoms with Gasteiger partial charge in [0.25, 0.3) is 15.5 Å². The summed E-state index contributed by atoms with van der Waals surface area (Å²) in [7, 11) is -4.53. The van der Waals surface area contributed by atoms with Crippen molar-refractivity contribution < 1.29 is 32.2 Å². The van der Waals surface area contributed by atoms with Crippen molar-refractivity contribution in [1.29, 1.82) is 0 Å². The third kappa shape index (κ3) is 3.37. The van der Waals surface area contributed by atoms with Crippen molar-refractivity contribution in [3.63, 3.8) is 0 Å². The van der Waals surface area contributed by atoms with E-state index in [-0.39, 0.29) is 11.4 Å². The maximum Gasteiger partial charge on any atom is 0.332 e. The summed E-state index contributed by atoms with van der Waals surface area (Å²) >= 11 is 0. The van der Waals surface area contributed by atoms with Gasteiger partial charge < -0.3 is 15.2 Å². The lowest BCUT2D eigenvalue weighted by molar-refractivity contribution is -0.119. The molecule has 1 atom stereocenters. The summed E-state index contributed by atoms with van der Waals surface area (Å²) in [5.74, 6) is -1.14. The molecule has 162 valence electrons. The molecule has 0 saturated heterocycles. The summed E-state index contributed by atoms with van der Waals surface area (Å²) in [5, 5.41) is 12.5. The van der Waals surface area contributed by atoms with E-state index in [0.29, 0.717) is 53.6 Å². The number of rotatable bonds is 4. The monoisotopic (exact) mass is 438 g/mol. The number of nitrogens with one attached hydrogen (secondary N) is 2. The minimum Gasteiger partial charge on any atom is -0.471 e. The Labute approximate surface area is 173 Å². The Bertz CT molecular complexity index is 1050. The van der Waals surface area contributed by atoms with Gasteiger partial charge in [-0.15, -0.1) is 0 Å². The summed E-state index contributed by atoms with van der Waals surface area (Å²) in [6.07, 6.45) is 4.79. The minimum atomic E-state index is -4.53. The highest BCUT2D eigenvalue weighted by Crippen LogP contribution is 2.41. The van der Waals surface area contributed by atoms with E-state index in [1.807, 2.05) is 4.72 Å². The number of Topliss-reactive ketones (excluding diaryl/α,β-unsaturated/α-hetero) is 1. The molecule has 0 radical (unpaired) electrons. The van der Waals surface area contributed by atoms with Crippen LogP contribution in [0.2, 0.25) is 0 Å². The van der Waals surface area contributed by atoms with E-state index in [0.717, 1.165) is 19.1 Å². The van der Waals surface area contributed by atoms with Crippen LogP contribution in [0.1, 0.15) is 48.9 Å². The Kier molecular flexibility index (Phi) is 4.89. The fourth-order valence-corrected chi connectivity index (χ4v) is 5.42. The molecule has 30 heavy (non-hydrogen) atoms. The van der Waals surface area contributed by atoms with Gasteiger partial charge in [0.1, 0.15) is 5.82 Å². The molecule has 1 aromatic rings. The number of halogens is 1. The first-order chi connectivity index (χ1) is 14.0. The molecule has 0 aromatic heterocycles. The molecule has 0 fully saturated rings. The minimum absolute atomic E-state index is 0.201. The highest BCUT2D eigenvalue weighted by molar-refractivity contribution is 7.91. The molecule has 8 nitrogen and oxygen atoms in total. The number of urea groups is 1. The zero-order valence-corrected chi connectivity index (χ0v) is 17.5. The summed E-state index contributed by atoms with van der Waals surface area (Å²) in [4.78, 5) is 24.9. The molecule has 1 heterocycles. The van der Waals surface area contributed by atoms with Crippen molar-refractivity contribution in [3.8, 4) is 0 Å². The van der Waals surface area contributed by atoms with Crippen molar-refractivity contribution in [2.24, 2.45) is 0 Å². The smallest absolute Gasteiger partial charge is 0.332 e. The van der Waals surface area contributed by atoms with Crippen LogP contribution in [-0.4, -0.2) is 36.4 Å². The lowest BCUT2D eigenvalue weighted by Crippen LogP contribution is -2.44. The van der Waals surface area contributed by atoms with E-state index >= 15 is 0 Å². The summed E-state index contributed by atoms with van der Waals surface area (Å²) < 4.78 is 46.6. The number of hydrogen-bond donors (Lipinski definition) is 3. The molecular formula is C20H23FN2O6S. The number of carbonyl (C=O) groups excluding carboxylic acids is 2. The molecule has 1 unspecified atom stereocenters. The van der Waals surface area contributed by atoms with Gasteiger partial charge >= 0.3 is 6.03 Å². The standard InChI is InChI=1S/C20H23FN2O6S/c1-20(2,26)14-9-29-18(17(14)24)30(27,28)23-19(25)22-16-12-7-3-5-10(12)15(21)11-6-4-8-13(11)16/h9,18,26H,3-8H2,1-2H3,(H2,22,23,25). The van der Waals surface area contributed by atoms with Crippen molar-refractivity contribution in [2.75, 3.05) is 5.32 Å².